The maximum absolute atomic E-state index is 14.4. The number of rotatable bonds is 8. The fourth-order valence-corrected chi connectivity index (χ4v) is 3.23. The van der Waals surface area contributed by atoms with Gasteiger partial charge in [0.05, 0.1) is 29.8 Å². The number of carbonyl (C=O) groups is 2. The average molecular weight is 508 g/mol. The van der Waals surface area contributed by atoms with Crippen molar-refractivity contribution in [3.63, 3.8) is 0 Å². The molecule has 0 bridgehead atoms. The minimum absolute atomic E-state index is 0.0653. The molecule has 2 aromatic carbocycles. The summed E-state index contributed by atoms with van der Waals surface area (Å²) in [5.41, 5.74) is 0.975. The second kappa shape index (κ2) is 10.8. The number of nitrogens with zero attached hydrogens (tertiary/aromatic N) is 3. The van der Waals surface area contributed by atoms with Gasteiger partial charge in [-0.3, -0.25) is 9.59 Å². The molecule has 0 aliphatic rings. The summed E-state index contributed by atoms with van der Waals surface area (Å²) in [6, 6.07) is 8.98. The normalized spacial score (nSPS) is 11.2. The summed E-state index contributed by atoms with van der Waals surface area (Å²) in [6.07, 6.45) is 2.21. The third-order valence-electron chi connectivity index (χ3n) is 4.65. The van der Waals surface area contributed by atoms with Crippen LogP contribution in [0.1, 0.15) is 33.6 Å². The Labute approximate surface area is 206 Å². The zero-order valence-corrected chi connectivity index (χ0v) is 20.4. The summed E-state index contributed by atoms with van der Waals surface area (Å²) in [5, 5.41) is 13.7. The molecule has 0 spiro atoms. The molecule has 1 amide bonds. The first kappa shape index (κ1) is 25.5. The van der Waals surface area contributed by atoms with Crippen LogP contribution in [0.3, 0.4) is 0 Å². The van der Waals surface area contributed by atoms with Crippen LogP contribution in [0.5, 0.6) is 5.75 Å². The maximum Gasteiger partial charge on any atom is 0.311 e. The van der Waals surface area contributed by atoms with Crippen molar-refractivity contribution >= 4 is 46.5 Å². The van der Waals surface area contributed by atoms with E-state index in [1.807, 2.05) is 20.8 Å². The first-order valence-corrected chi connectivity index (χ1v) is 11.2. The van der Waals surface area contributed by atoms with Gasteiger partial charge < -0.3 is 15.4 Å². The number of hydrogen-bond donors (Lipinski definition) is 2. The van der Waals surface area contributed by atoms with Crippen LogP contribution in [0.15, 0.2) is 42.6 Å². The van der Waals surface area contributed by atoms with Crippen LogP contribution in [0.25, 0.3) is 5.69 Å². The van der Waals surface area contributed by atoms with E-state index >= 15 is 0 Å². The van der Waals surface area contributed by atoms with Gasteiger partial charge in [-0.05, 0) is 42.2 Å². The smallest absolute Gasteiger partial charge is 0.311 e. The molecule has 0 radical (unpaired) electrons. The van der Waals surface area contributed by atoms with Crippen LogP contribution in [-0.2, 0) is 9.59 Å². The maximum atomic E-state index is 14.4. The van der Waals surface area contributed by atoms with Gasteiger partial charge in [0.2, 0.25) is 5.91 Å². The van der Waals surface area contributed by atoms with Crippen LogP contribution in [0.4, 0.5) is 15.8 Å². The van der Waals surface area contributed by atoms with E-state index in [9.17, 15) is 14.0 Å². The highest BCUT2D eigenvalue weighted by Crippen LogP contribution is 2.29. The van der Waals surface area contributed by atoms with Crippen molar-refractivity contribution in [1.29, 1.82) is 0 Å². The van der Waals surface area contributed by atoms with Crippen LogP contribution in [0, 0.1) is 11.2 Å². The van der Waals surface area contributed by atoms with Crippen molar-refractivity contribution in [2.24, 2.45) is 5.41 Å². The lowest BCUT2D eigenvalue weighted by molar-refractivity contribution is -0.135. The molecule has 2 N–H and O–H groups in total. The lowest BCUT2D eigenvalue weighted by atomic mass is 9.91. The number of ether oxygens (including phenoxy) is 1. The number of amides is 1. The van der Waals surface area contributed by atoms with Gasteiger partial charge in [-0.15, -0.1) is 5.10 Å². The Morgan fingerprint density at radius 2 is 1.91 bits per heavy atom. The number of anilines is 2. The van der Waals surface area contributed by atoms with Gasteiger partial charge in [-0.25, -0.2) is 9.07 Å². The van der Waals surface area contributed by atoms with E-state index < -0.39 is 17.7 Å². The highest BCUT2D eigenvalue weighted by Gasteiger charge is 2.18. The summed E-state index contributed by atoms with van der Waals surface area (Å²) < 4.78 is 21.0. The molecule has 0 fully saturated rings. The molecule has 0 aliphatic carbocycles. The number of aromatic nitrogens is 3. The number of benzene rings is 2. The summed E-state index contributed by atoms with van der Waals surface area (Å²) in [7, 11) is 0. The molecule has 8 nitrogen and oxygen atoms in total. The first-order chi connectivity index (χ1) is 16.0. The molecule has 11 heteroatoms. The lowest BCUT2D eigenvalue weighted by Gasteiger charge is -2.18. The summed E-state index contributed by atoms with van der Waals surface area (Å²) in [6.45, 7) is 5.76. The predicted molar refractivity (Wildman–Crippen MR) is 129 cm³/mol. The molecule has 1 heterocycles. The minimum atomic E-state index is -0.713. The quantitative estimate of drug-likeness (QED) is 0.308. The Balaban J connectivity index is 1.69. The van der Waals surface area contributed by atoms with Crippen molar-refractivity contribution in [2.75, 3.05) is 17.2 Å². The van der Waals surface area contributed by atoms with Crippen LogP contribution < -0.4 is 15.4 Å². The van der Waals surface area contributed by atoms with Gasteiger partial charge >= 0.3 is 5.97 Å². The second-order valence-electron chi connectivity index (χ2n) is 8.70. The van der Waals surface area contributed by atoms with Crippen molar-refractivity contribution < 1.29 is 18.7 Å². The molecule has 0 atom stereocenters. The van der Waals surface area contributed by atoms with Crippen molar-refractivity contribution in [1.82, 2.24) is 15.0 Å². The molecule has 1 aromatic heterocycles. The fourth-order valence-electron chi connectivity index (χ4n) is 2.93. The molecule has 0 aliphatic heterocycles. The van der Waals surface area contributed by atoms with Gasteiger partial charge in [0, 0.05) is 11.4 Å². The largest absolute Gasteiger partial charge is 0.421 e. The standard InChI is InChI=1S/C23H24Cl2FN5O3/c1-23(2,3)10-9-21(33)34-22-15(26)5-4-6-16(22)27-12-20(32)28-17-11-14(24)7-8-18(17)31-13-19(25)29-30-31/h4-8,11,13,27H,9-10,12H2,1-3H3,(H,28,32). The highest BCUT2D eigenvalue weighted by molar-refractivity contribution is 6.31. The third kappa shape index (κ3) is 7.16. The molecular formula is C23H24Cl2FN5O3. The molecule has 0 unspecified atom stereocenters. The molecular weight excluding hydrogens is 484 g/mol. The molecule has 0 saturated carbocycles. The Morgan fingerprint density at radius 3 is 2.59 bits per heavy atom. The van der Waals surface area contributed by atoms with Crippen LogP contribution >= 0.6 is 23.2 Å². The molecule has 3 rings (SSSR count). The lowest BCUT2D eigenvalue weighted by Crippen LogP contribution is -2.23. The predicted octanol–water partition coefficient (Wildman–Crippen LogP) is 5.50. The number of esters is 1. The van der Waals surface area contributed by atoms with E-state index in [4.69, 9.17) is 27.9 Å². The Kier molecular flexibility index (Phi) is 8.11. The van der Waals surface area contributed by atoms with Gasteiger partial charge in [0.25, 0.3) is 0 Å². The van der Waals surface area contributed by atoms with Gasteiger partial charge in [-0.1, -0.05) is 55.3 Å². The number of nitrogens with one attached hydrogen (secondary N) is 2. The topological polar surface area (TPSA) is 98.1 Å². The summed E-state index contributed by atoms with van der Waals surface area (Å²) >= 11 is 11.9. The molecule has 180 valence electrons. The Hall–Kier alpha value is -3.17. The Morgan fingerprint density at radius 1 is 1.15 bits per heavy atom. The number of hydrogen-bond acceptors (Lipinski definition) is 6. The van der Waals surface area contributed by atoms with E-state index in [-0.39, 0.29) is 35.0 Å². The van der Waals surface area contributed by atoms with Gasteiger partial charge in [-0.2, -0.15) is 0 Å². The monoisotopic (exact) mass is 507 g/mol. The second-order valence-corrected chi connectivity index (χ2v) is 9.52. The fraction of sp³-hybridized carbons (Fsp3) is 0.304. The molecule has 34 heavy (non-hydrogen) atoms. The number of para-hydroxylation sites is 1. The van der Waals surface area contributed by atoms with E-state index in [0.29, 0.717) is 22.8 Å². The van der Waals surface area contributed by atoms with E-state index in [0.717, 1.165) is 0 Å². The zero-order chi connectivity index (χ0) is 24.9. The van der Waals surface area contributed by atoms with Gasteiger partial charge in [0.15, 0.2) is 16.7 Å². The van der Waals surface area contributed by atoms with Crippen LogP contribution in [0.2, 0.25) is 10.2 Å². The highest BCUT2D eigenvalue weighted by atomic mass is 35.5. The third-order valence-corrected chi connectivity index (χ3v) is 5.05. The van der Waals surface area contributed by atoms with E-state index in [1.165, 1.54) is 29.1 Å². The minimum Gasteiger partial charge on any atom is -0.421 e. The summed E-state index contributed by atoms with van der Waals surface area (Å²) in [4.78, 5) is 24.8. The average Bonchev–Trinajstić information content (AvgIpc) is 3.18. The van der Waals surface area contributed by atoms with Crippen molar-refractivity contribution in [2.45, 2.75) is 33.6 Å². The van der Waals surface area contributed by atoms with Crippen molar-refractivity contribution in [3.05, 3.63) is 58.6 Å². The molecule has 0 saturated heterocycles. The molecule has 3 aromatic rings. The van der Waals surface area contributed by atoms with Gasteiger partial charge in [0.1, 0.15) is 0 Å². The zero-order valence-electron chi connectivity index (χ0n) is 18.9. The van der Waals surface area contributed by atoms with E-state index in [1.54, 1.807) is 18.2 Å². The number of halogens is 3. The summed E-state index contributed by atoms with van der Waals surface area (Å²) in [5.74, 6) is -1.98. The first-order valence-electron chi connectivity index (χ1n) is 10.4. The SMILES string of the molecule is CC(C)(C)CCC(=O)Oc1c(F)cccc1NCC(=O)Nc1cc(Cl)ccc1-n1cc(Cl)nn1. The number of carbonyl (C=O) groups excluding carboxylic acids is 2. The van der Waals surface area contributed by atoms with Crippen LogP contribution in [-0.4, -0.2) is 33.4 Å². The Bertz CT molecular complexity index is 1190. The van der Waals surface area contributed by atoms with E-state index in [2.05, 4.69) is 20.9 Å². The van der Waals surface area contributed by atoms with Crippen molar-refractivity contribution in [3.8, 4) is 11.4 Å².